The standard InChI is InChI=1S/C20H30N2O3/c1-13(2)17(21-19(24)25-20(4,5)6)18(23)22-12-14(3)11-15-9-7-8-10-16(15)22/h7-10,13-14,17H,11-12H2,1-6H3,(H,21,24). The van der Waals surface area contributed by atoms with Crippen molar-refractivity contribution in [3.8, 4) is 0 Å². The van der Waals surface area contributed by atoms with Gasteiger partial charge in [0, 0.05) is 12.2 Å². The zero-order chi connectivity index (χ0) is 18.8. The second-order valence-electron chi connectivity index (χ2n) is 8.25. The number of carbonyl (C=O) groups excluding carboxylic acids is 2. The lowest BCUT2D eigenvalue weighted by Crippen LogP contribution is -2.54. The Balaban J connectivity index is 2.22. The highest BCUT2D eigenvalue weighted by Gasteiger charge is 2.34. The number of fused-ring (bicyclic) bond motifs is 1. The van der Waals surface area contributed by atoms with Crippen molar-refractivity contribution in [3.05, 3.63) is 29.8 Å². The number of para-hydroxylation sites is 1. The van der Waals surface area contributed by atoms with Crippen molar-refractivity contribution < 1.29 is 14.3 Å². The average molecular weight is 346 g/mol. The summed E-state index contributed by atoms with van der Waals surface area (Å²) in [5.74, 6) is 0.262. The number of hydrogen-bond donors (Lipinski definition) is 1. The van der Waals surface area contributed by atoms with Crippen LogP contribution in [0.5, 0.6) is 0 Å². The van der Waals surface area contributed by atoms with Crippen LogP contribution in [-0.2, 0) is 16.0 Å². The number of alkyl carbamates (subject to hydrolysis) is 1. The third-order valence-electron chi connectivity index (χ3n) is 4.22. The maximum Gasteiger partial charge on any atom is 0.408 e. The quantitative estimate of drug-likeness (QED) is 0.906. The fraction of sp³-hybridized carbons (Fsp3) is 0.600. The van der Waals surface area contributed by atoms with Gasteiger partial charge >= 0.3 is 6.09 Å². The highest BCUT2D eigenvalue weighted by atomic mass is 16.6. The second kappa shape index (κ2) is 7.46. The molecular weight excluding hydrogens is 316 g/mol. The molecule has 0 fully saturated rings. The van der Waals surface area contributed by atoms with E-state index in [0.717, 1.165) is 12.1 Å². The van der Waals surface area contributed by atoms with Gasteiger partial charge in [0.25, 0.3) is 0 Å². The molecular formula is C20H30N2O3. The minimum absolute atomic E-state index is 0.0376. The first kappa shape index (κ1) is 19.3. The zero-order valence-corrected chi connectivity index (χ0v) is 16.1. The predicted molar refractivity (Wildman–Crippen MR) is 99.7 cm³/mol. The van der Waals surface area contributed by atoms with Gasteiger partial charge in [-0.1, -0.05) is 39.0 Å². The van der Waals surface area contributed by atoms with Crippen molar-refractivity contribution in [1.82, 2.24) is 5.32 Å². The van der Waals surface area contributed by atoms with Gasteiger partial charge in [-0.2, -0.15) is 0 Å². The molecule has 5 nitrogen and oxygen atoms in total. The molecule has 2 rings (SSSR count). The molecule has 1 aromatic carbocycles. The van der Waals surface area contributed by atoms with Crippen LogP contribution in [0.2, 0.25) is 0 Å². The van der Waals surface area contributed by atoms with E-state index >= 15 is 0 Å². The molecule has 0 spiro atoms. The number of nitrogens with zero attached hydrogens (tertiary/aromatic N) is 1. The molecule has 2 unspecified atom stereocenters. The average Bonchev–Trinajstić information content (AvgIpc) is 2.49. The van der Waals surface area contributed by atoms with Gasteiger partial charge in [0.2, 0.25) is 5.91 Å². The Morgan fingerprint density at radius 2 is 1.88 bits per heavy atom. The molecule has 1 N–H and O–H groups in total. The number of ether oxygens (including phenoxy) is 1. The first-order valence-electron chi connectivity index (χ1n) is 8.97. The molecule has 138 valence electrons. The van der Waals surface area contributed by atoms with Crippen LogP contribution in [-0.4, -0.2) is 30.2 Å². The summed E-state index contributed by atoms with van der Waals surface area (Å²) in [6, 6.07) is 7.37. The van der Waals surface area contributed by atoms with Crippen LogP contribution in [0.15, 0.2) is 24.3 Å². The minimum atomic E-state index is -0.617. The number of amides is 2. The van der Waals surface area contributed by atoms with E-state index in [1.807, 2.05) is 36.9 Å². The molecule has 2 atom stereocenters. The Labute approximate surface area is 150 Å². The summed E-state index contributed by atoms with van der Waals surface area (Å²) in [6.45, 7) is 12.1. The molecule has 0 bridgehead atoms. The van der Waals surface area contributed by atoms with E-state index in [0.29, 0.717) is 12.5 Å². The van der Waals surface area contributed by atoms with Gasteiger partial charge in [-0.05, 0) is 50.7 Å². The summed E-state index contributed by atoms with van der Waals surface area (Å²) >= 11 is 0. The van der Waals surface area contributed by atoms with Crippen LogP contribution >= 0.6 is 0 Å². The molecule has 25 heavy (non-hydrogen) atoms. The van der Waals surface area contributed by atoms with Crippen molar-refractivity contribution in [2.24, 2.45) is 11.8 Å². The summed E-state index contributed by atoms with van der Waals surface area (Å²) in [4.78, 5) is 27.2. The molecule has 0 saturated carbocycles. The topological polar surface area (TPSA) is 58.6 Å². The summed E-state index contributed by atoms with van der Waals surface area (Å²) in [6.07, 6.45) is 0.407. The maximum atomic E-state index is 13.2. The number of hydrogen-bond acceptors (Lipinski definition) is 3. The number of benzene rings is 1. The third kappa shape index (κ3) is 4.97. The van der Waals surface area contributed by atoms with E-state index in [-0.39, 0.29) is 11.8 Å². The monoisotopic (exact) mass is 346 g/mol. The first-order valence-corrected chi connectivity index (χ1v) is 8.97. The fourth-order valence-corrected chi connectivity index (χ4v) is 3.12. The Kier molecular flexibility index (Phi) is 5.76. The number of rotatable bonds is 3. The van der Waals surface area contributed by atoms with Crippen LogP contribution in [0.25, 0.3) is 0 Å². The molecule has 2 amide bonds. The number of carbonyl (C=O) groups is 2. The highest BCUT2D eigenvalue weighted by Crippen LogP contribution is 2.30. The van der Waals surface area contributed by atoms with Crippen LogP contribution in [0.3, 0.4) is 0 Å². The highest BCUT2D eigenvalue weighted by molar-refractivity contribution is 5.99. The van der Waals surface area contributed by atoms with E-state index in [1.165, 1.54) is 5.56 Å². The van der Waals surface area contributed by atoms with Crippen molar-refractivity contribution in [1.29, 1.82) is 0 Å². The third-order valence-corrected chi connectivity index (χ3v) is 4.22. The lowest BCUT2D eigenvalue weighted by atomic mass is 9.92. The zero-order valence-electron chi connectivity index (χ0n) is 16.1. The van der Waals surface area contributed by atoms with Gasteiger partial charge in [0.1, 0.15) is 11.6 Å². The normalized spacial score (nSPS) is 18.5. The van der Waals surface area contributed by atoms with Gasteiger partial charge in [0.05, 0.1) is 0 Å². The smallest absolute Gasteiger partial charge is 0.408 e. The molecule has 1 aromatic rings. The van der Waals surface area contributed by atoms with Crippen molar-refractivity contribution in [2.45, 2.75) is 59.6 Å². The van der Waals surface area contributed by atoms with Crippen LogP contribution in [0.1, 0.15) is 47.1 Å². The predicted octanol–water partition coefficient (Wildman–Crippen LogP) is 3.76. The summed E-state index contributed by atoms with van der Waals surface area (Å²) in [5, 5.41) is 2.76. The van der Waals surface area contributed by atoms with Crippen LogP contribution < -0.4 is 10.2 Å². The largest absolute Gasteiger partial charge is 0.444 e. The molecule has 0 saturated heterocycles. The van der Waals surface area contributed by atoms with Gasteiger partial charge in [0.15, 0.2) is 0 Å². The lowest BCUT2D eigenvalue weighted by Gasteiger charge is -2.36. The van der Waals surface area contributed by atoms with Crippen molar-refractivity contribution >= 4 is 17.7 Å². The molecule has 1 aliphatic rings. The fourth-order valence-electron chi connectivity index (χ4n) is 3.12. The summed E-state index contributed by atoms with van der Waals surface area (Å²) in [7, 11) is 0. The Bertz CT molecular complexity index is 634. The Morgan fingerprint density at radius 1 is 1.24 bits per heavy atom. The van der Waals surface area contributed by atoms with E-state index in [1.54, 1.807) is 20.8 Å². The second-order valence-corrected chi connectivity index (χ2v) is 8.25. The number of anilines is 1. The first-order chi connectivity index (χ1) is 11.6. The SMILES string of the molecule is CC1Cc2ccccc2N(C(=O)C(NC(=O)OC(C)(C)C)C(C)C)C1. The molecule has 0 aromatic heterocycles. The van der Waals surface area contributed by atoms with Crippen molar-refractivity contribution in [2.75, 3.05) is 11.4 Å². The molecule has 5 heteroatoms. The van der Waals surface area contributed by atoms with Gasteiger partial charge in [-0.15, -0.1) is 0 Å². The van der Waals surface area contributed by atoms with E-state index < -0.39 is 17.7 Å². The molecule has 0 radical (unpaired) electrons. The van der Waals surface area contributed by atoms with Gasteiger partial charge < -0.3 is 15.0 Å². The maximum absolute atomic E-state index is 13.2. The van der Waals surface area contributed by atoms with E-state index in [2.05, 4.69) is 18.3 Å². The molecule has 1 aliphatic heterocycles. The van der Waals surface area contributed by atoms with Crippen molar-refractivity contribution in [3.63, 3.8) is 0 Å². The minimum Gasteiger partial charge on any atom is -0.444 e. The number of nitrogens with one attached hydrogen (secondary N) is 1. The Morgan fingerprint density at radius 3 is 2.48 bits per heavy atom. The lowest BCUT2D eigenvalue weighted by molar-refractivity contribution is -0.121. The van der Waals surface area contributed by atoms with E-state index in [4.69, 9.17) is 4.74 Å². The molecule has 0 aliphatic carbocycles. The van der Waals surface area contributed by atoms with Crippen LogP contribution in [0, 0.1) is 11.8 Å². The summed E-state index contributed by atoms with van der Waals surface area (Å²) < 4.78 is 5.33. The van der Waals surface area contributed by atoms with Gasteiger partial charge in [-0.3, -0.25) is 4.79 Å². The summed E-state index contributed by atoms with van der Waals surface area (Å²) in [5.41, 5.74) is 1.53. The van der Waals surface area contributed by atoms with E-state index in [9.17, 15) is 9.59 Å². The van der Waals surface area contributed by atoms with Gasteiger partial charge in [-0.25, -0.2) is 4.79 Å². The van der Waals surface area contributed by atoms with Crippen LogP contribution in [0.4, 0.5) is 10.5 Å². The Hall–Kier alpha value is -2.04. The molecule has 1 heterocycles.